The van der Waals surface area contributed by atoms with Crippen LogP contribution < -0.4 is 11.1 Å². The lowest BCUT2D eigenvalue weighted by atomic mass is 10.1. The molecule has 0 radical (unpaired) electrons. The highest BCUT2D eigenvalue weighted by atomic mass is 32.2. The highest BCUT2D eigenvalue weighted by Gasteiger charge is 2.13. The Morgan fingerprint density at radius 3 is 2.53 bits per heavy atom. The van der Waals surface area contributed by atoms with Crippen LogP contribution in [-0.2, 0) is 11.3 Å². The number of nitrogens with two attached hydrogens (primary N) is 1. The maximum atomic E-state index is 11.7. The van der Waals surface area contributed by atoms with E-state index >= 15 is 0 Å². The van der Waals surface area contributed by atoms with Crippen LogP contribution in [0.4, 0.5) is 0 Å². The Morgan fingerprint density at radius 2 is 2.06 bits per heavy atom. The minimum atomic E-state index is -0.0690. The lowest BCUT2D eigenvalue weighted by Gasteiger charge is -2.12. The van der Waals surface area contributed by atoms with Gasteiger partial charge in [0.25, 0.3) is 0 Å². The highest BCUT2D eigenvalue weighted by molar-refractivity contribution is 7.98. The number of thioether (sulfide) groups is 1. The molecule has 0 bridgehead atoms. The summed E-state index contributed by atoms with van der Waals surface area (Å²) >= 11 is 1.71. The van der Waals surface area contributed by atoms with E-state index in [1.165, 1.54) is 4.90 Å². The quantitative estimate of drug-likeness (QED) is 0.762. The van der Waals surface area contributed by atoms with Crippen molar-refractivity contribution in [3.05, 3.63) is 29.8 Å². The normalized spacial score (nSPS) is 12.2. The summed E-state index contributed by atoms with van der Waals surface area (Å²) in [6.07, 6.45) is 2.83. The average Bonchev–Trinajstić information content (AvgIpc) is 2.38. The molecule has 0 saturated heterocycles. The van der Waals surface area contributed by atoms with Gasteiger partial charge in [-0.05, 0) is 30.4 Å². The van der Waals surface area contributed by atoms with Gasteiger partial charge in [-0.1, -0.05) is 19.1 Å². The first-order valence-electron chi connectivity index (χ1n) is 5.82. The van der Waals surface area contributed by atoms with E-state index < -0.39 is 0 Å². The van der Waals surface area contributed by atoms with Gasteiger partial charge in [0.2, 0.25) is 5.91 Å². The van der Waals surface area contributed by atoms with Gasteiger partial charge in [0, 0.05) is 23.9 Å². The molecule has 1 rings (SSSR count). The van der Waals surface area contributed by atoms with Crippen molar-refractivity contribution in [2.45, 2.75) is 24.8 Å². The molecular formula is C13H20N2OS. The van der Waals surface area contributed by atoms with Crippen LogP contribution in [0.5, 0.6) is 0 Å². The number of carbonyl (C=O) groups excluding carboxylic acids is 1. The molecular weight excluding hydrogens is 232 g/mol. The van der Waals surface area contributed by atoms with Crippen LogP contribution in [0.3, 0.4) is 0 Å². The summed E-state index contributed by atoms with van der Waals surface area (Å²) in [6, 6.07) is 8.20. The average molecular weight is 252 g/mol. The van der Waals surface area contributed by atoms with Gasteiger partial charge >= 0.3 is 0 Å². The summed E-state index contributed by atoms with van der Waals surface area (Å²) in [7, 11) is 0. The van der Waals surface area contributed by atoms with Crippen LogP contribution in [0.2, 0.25) is 0 Å². The second-order valence-electron chi connectivity index (χ2n) is 3.91. The molecule has 0 aliphatic heterocycles. The summed E-state index contributed by atoms with van der Waals surface area (Å²) < 4.78 is 0. The van der Waals surface area contributed by atoms with Crippen LogP contribution in [-0.4, -0.2) is 18.7 Å². The highest BCUT2D eigenvalue weighted by Crippen LogP contribution is 2.14. The van der Waals surface area contributed by atoms with E-state index in [4.69, 9.17) is 5.73 Å². The molecule has 0 saturated carbocycles. The Labute approximate surface area is 107 Å². The second kappa shape index (κ2) is 7.35. The zero-order valence-corrected chi connectivity index (χ0v) is 11.2. The first-order valence-corrected chi connectivity index (χ1v) is 7.04. The minimum Gasteiger partial charge on any atom is -0.352 e. The largest absolute Gasteiger partial charge is 0.352 e. The third-order valence-corrected chi connectivity index (χ3v) is 3.52. The van der Waals surface area contributed by atoms with Crippen molar-refractivity contribution in [1.82, 2.24) is 5.32 Å². The molecule has 1 amide bonds. The summed E-state index contributed by atoms with van der Waals surface area (Å²) in [5.74, 6) is -0.0237. The lowest BCUT2D eigenvalue weighted by molar-refractivity contribution is -0.124. The number of rotatable bonds is 6. The van der Waals surface area contributed by atoms with Gasteiger partial charge in [0.05, 0.1) is 0 Å². The molecule has 4 heteroatoms. The maximum Gasteiger partial charge on any atom is 0.224 e. The minimum absolute atomic E-state index is 0.0453. The van der Waals surface area contributed by atoms with Crippen molar-refractivity contribution >= 4 is 17.7 Å². The van der Waals surface area contributed by atoms with E-state index in [-0.39, 0.29) is 11.8 Å². The fourth-order valence-corrected chi connectivity index (χ4v) is 1.94. The molecule has 0 fully saturated rings. The van der Waals surface area contributed by atoms with Gasteiger partial charge in [-0.3, -0.25) is 4.79 Å². The standard InChI is InChI=1S/C13H20N2OS/c1-3-11(8-14)13(16)15-9-10-4-6-12(17-2)7-5-10/h4-7,11H,3,8-9,14H2,1-2H3,(H,15,16). The second-order valence-corrected chi connectivity index (χ2v) is 4.79. The third-order valence-electron chi connectivity index (χ3n) is 2.77. The molecule has 3 N–H and O–H groups in total. The molecule has 1 atom stereocenters. The molecule has 0 heterocycles. The predicted molar refractivity (Wildman–Crippen MR) is 72.9 cm³/mol. The van der Waals surface area contributed by atoms with Gasteiger partial charge in [0.1, 0.15) is 0 Å². The van der Waals surface area contributed by atoms with Crippen LogP contribution >= 0.6 is 11.8 Å². The van der Waals surface area contributed by atoms with E-state index in [0.717, 1.165) is 12.0 Å². The smallest absolute Gasteiger partial charge is 0.224 e. The van der Waals surface area contributed by atoms with E-state index in [0.29, 0.717) is 13.1 Å². The summed E-state index contributed by atoms with van der Waals surface area (Å²) in [5.41, 5.74) is 6.64. The van der Waals surface area contributed by atoms with Gasteiger partial charge in [0.15, 0.2) is 0 Å². The number of nitrogens with one attached hydrogen (secondary N) is 1. The molecule has 0 aliphatic carbocycles. The lowest BCUT2D eigenvalue weighted by Crippen LogP contribution is -2.34. The first kappa shape index (κ1) is 14.1. The number of hydrogen-bond donors (Lipinski definition) is 2. The summed E-state index contributed by atoms with van der Waals surface area (Å²) in [6.45, 7) is 2.96. The Hall–Kier alpha value is -1.00. The van der Waals surface area contributed by atoms with Crippen molar-refractivity contribution in [3.8, 4) is 0 Å². The monoisotopic (exact) mass is 252 g/mol. The van der Waals surface area contributed by atoms with Crippen molar-refractivity contribution in [2.24, 2.45) is 11.7 Å². The molecule has 0 spiro atoms. The van der Waals surface area contributed by atoms with Crippen LogP contribution in [0.25, 0.3) is 0 Å². The van der Waals surface area contributed by atoms with E-state index in [9.17, 15) is 4.79 Å². The van der Waals surface area contributed by atoms with Gasteiger partial charge < -0.3 is 11.1 Å². The van der Waals surface area contributed by atoms with Crippen LogP contribution in [0, 0.1) is 5.92 Å². The zero-order chi connectivity index (χ0) is 12.7. The molecule has 3 nitrogen and oxygen atoms in total. The first-order chi connectivity index (χ1) is 8.21. The fourth-order valence-electron chi connectivity index (χ4n) is 1.54. The van der Waals surface area contributed by atoms with E-state index in [2.05, 4.69) is 17.4 Å². The summed E-state index contributed by atoms with van der Waals surface area (Å²) in [4.78, 5) is 12.9. The summed E-state index contributed by atoms with van der Waals surface area (Å²) in [5, 5.41) is 2.91. The Morgan fingerprint density at radius 1 is 1.41 bits per heavy atom. The van der Waals surface area contributed by atoms with Crippen molar-refractivity contribution in [2.75, 3.05) is 12.8 Å². The maximum absolute atomic E-state index is 11.7. The van der Waals surface area contributed by atoms with Gasteiger partial charge in [-0.2, -0.15) is 0 Å². The number of benzene rings is 1. The Balaban J connectivity index is 2.46. The van der Waals surface area contributed by atoms with Crippen LogP contribution in [0.15, 0.2) is 29.2 Å². The fraction of sp³-hybridized carbons (Fsp3) is 0.462. The number of carbonyl (C=O) groups is 1. The van der Waals surface area contributed by atoms with E-state index in [1.54, 1.807) is 11.8 Å². The van der Waals surface area contributed by atoms with E-state index in [1.807, 2.05) is 25.3 Å². The number of hydrogen-bond acceptors (Lipinski definition) is 3. The third kappa shape index (κ3) is 4.40. The van der Waals surface area contributed by atoms with Gasteiger partial charge in [-0.15, -0.1) is 11.8 Å². The van der Waals surface area contributed by atoms with Crippen molar-refractivity contribution in [3.63, 3.8) is 0 Å². The number of amides is 1. The molecule has 1 unspecified atom stereocenters. The Kier molecular flexibility index (Phi) is 6.08. The SMILES string of the molecule is CCC(CN)C(=O)NCc1ccc(SC)cc1. The molecule has 0 aromatic heterocycles. The topological polar surface area (TPSA) is 55.1 Å². The van der Waals surface area contributed by atoms with Crippen molar-refractivity contribution in [1.29, 1.82) is 0 Å². The Bertz CT molecular complexity index is 347. The van der Waals surface area contributed by atoms with Crippen molar-refractivity contribution < 1.29 is 4.79 Å². The molecule has 94 valence electrons. The molecule has 1 aromatic rings. The molecule has 0 aliphatic rings. The predicted octanol–water partition coefficient (Wildman–Crippen LogP) is 2.01. The molecule has 17 heavy (non-hydrogen) atoms. The van der Waals surface area contributed by atoms with Gasteiger partial charge in [-0.25, -0.2) is 0 Å². The molecule has 1 aromatic carbocycles. The van der Waals surface area contributed by atoms with Crippen LogP contribution in [0.1, 0.15) is 18.9 Å². The zero-order valence-electron chi connectivity index (χ0n) is 10.4.